The van der Waals surface area contributed by atoms with Gasteiger partial charge in [-0.3, -0.25) is 19.7 Å². The number of nitrogens with one attached hydrogen (secondary N) is 4. The minimum atomic E-state index is -2.36. The van der Waals surface area contributed by atoms with Crippen molar-refractivity contribution in [2.45, 2.75) is 75.6 Å². The van der Waals surface area contributed by atoms with Crippen LogP contribution >= 0.6 is 0 Å². The maximum Gasteiger partial charge on any atom is 0.409 e. The average Bonchev–Trinajstić information content (AvgIpc) is 4.08. The van der Waals surface area contributed by atoms with Crippen LogP contribution in [-0.2, 0) is 28.5 Å². The maximum absolute atomic E-state index is 13.7. The Bertz CT molecular complexity index is 2520. The number of imidazole rings is 1. The monoisotopic (exact) mass is 837 g/mol. The smallest absolute Gasteiger partial charge is 0.409 e. The van der Waals surface area contributed by atoms with Crippen molar-refractivity contribution in [3.05, 3.63) is 88.7 Å². The van der Waals surface area contributed by atoms with E-state index in [1.54, 1.807) is 18.0 Å². The van der Waals surface area contributed by atoms with E-state index in [9.17, 15) is 29.1 Å². The number of benzene rings is 3. The van der Waals surface area contributed by atoms with Gasteiger partial charge in [0.1, 0.15) is 18.0 Å². The summed E-state index contributed by atoms with van der Waals surface area (Å²) in [7, 11) is 5.18. The quantitative estimate of drug-likeness (QED) is 0.106. The molecule has 2 aliphatic heterocycles. The number of nitrogens with zero attached hydrogens (tertiary/aromatic N) is 3. The van der Waals surface area contributed by atoms with Gasteiger partial charge in [0.2, 0.25) is 11.6 Å². The highest BCUT2D eigenvalue weighted by atomic mass is 16.6. The molecule has 0 aliphatic carbocycles. The predicted octanol–water partition coefficient (Wildman–Crippen LogP) is 4.90. The molecule has 1 unspecified atom stereocenters. The van der Waals surface area contributed by atoms with Gasteiger partial charge < -0.3 is 49.1 Å². The number of hydrogen-bond acceptors (Lipinski definition) is 11. The molecule has 2 saturated heterocycles. The van der Waals surface area contributed by atoms with Crippen LogP contribution in [0.2, 0.25) is 0 Å². The van der Waals surface area contributed by atoms with Crippen molar-refractivity contribution in [1.29, 1.82) is 0 Å². The average molecular weight is 838 g/mol. The summed E-state index contributed by atoms with van der Waals surface area (Å²) in [6, 6.07) is 18.0. The lowest BCUT2D eigenvalue weighted by atomic mass is 9.97. The molecular weight excluding hydrogens is 787 g/mol. The zero-order valence-corrected chi connectivity index (χ0v) is 34.9. The summed E-state index contributed by atoms with van der Waals surface area (Å²) >= 11 is 0. The van der Waals surface area contributed by atoms with Crippen molar-refractivity contribution < 1.29 is 43.2 Å². The van der Waals surface area contributed by atoms with E-state index < -0.39 is 48.1 Å². The van der Waals surface area contributed by atoms with Crippen LogP contribution in [0.5, 0.6) is 0 Å². The minimum absolute atomic E-state index is 0.268. The molecule has 2 fully saturated rings. The molecule has 17 heteroatoms. The largest absolute Gasteiger partial charge is 0.453 e. The molecule has 5 N–H and O–H groups in total. The molecule has 4 heterocycles. The van der Waals surface area contributed by atoms with Gasteiger partial charge in [0.25, 0.3) is 11.5 Å². The summed E-state index contributed by atoms with van der Waals surface area (Å²) in [5, 5.41) is 19.4. The van der Waals surface area contributed by atoms with Crippen molar-refractivity contribution in [2.24, 2.45) is 0 Å². The van der Waals surface area contributed by atoms with Gasteiger partial charge >= 0.3 is 12.2 Å². The van der Waals surface area contributed by atoms with Crippen LogP contribution in [0.25, 0.3) is 43.9 Å². The van der Waals surface area contributed by atoms with Gasteiger partial charge in [0, 0.05) is 44.0 Å². The molecule has 0 radical (unpaired) electrons. The van der Waals surface area contributed by atoms with E-state index >= 15 is 0 Å². The predicted molar refractivity (Wildman–Crippen MR) is 225 cm³/mol. The number of H-pyrrole nitrogens is 2. The standard InChI is InChI=1S/C44H51N7O10/c1-24(58-3)37(48-42(55)60-5)40(53)50-17-7-9-35(50)33-22-30-15-13-29(21-32(30)39(52)47-33)27-11-12-28-20-31(16-14-26(28)19-27)34-23-45-38(46-34)36-10-8-18-51(36)41(54)44(57,25(2)59-4)49-43(56)61-6/h11-16,19-25,35-37,57H,7-10,17-18H2,1-6H3,(H,45,46)(H,47,52)(H,48,55)(H,49,56)/t24-,25-,35?,36+,37+,44+/m1/s1. The van der Waals surface area contributed by atoms with Gasteiger partial charge in [-0.1, -0.05) is 36.4 Å². The highest BCUT2D eigenvalue weighted by Gasteiger charge is 2.50. The van der Waals surface area contributed by atoms with E-state index in [-0.39, 0.29) is 17.5 Å². The van der Waals surface area contributed by atoms with Gasteiger partial charge in [-0.2, -0.15) is 0 Å². The number of fused-ring (bicyclic) bond motifs is 2. The molecule has 6 atom stereocenters. The van der Waals surface area contributed by atoms with Crippen LogP contribution in [0.3, 0.4) is 0 Å². The third-order valence-corrected chi connectivity index (χ3v) is 12.0. The van der Waals surface area contributed by atoms with Crippen LogP contribution < -0.4 is 16.2 Å². The molecular formula is C44H51N7O10. The summed E-state index contributed by atoms with van der Waals surface area (Å²) in [6.45, 7) is 4.00. The van der Waals surface area contributed by atoms with Crippen LogP contribution in [0.4, 0.5) is 9.59 Å². The van der Waals surface area contributed by atoms with Crippen molar-refractivity contribution in [2.75, 3.05) is 41.5 Å². The van der Waals surface area contributed by atoms with E-state index in [0.29, 0.717) is 49.3 Å². The van der Waals surface area contributed by atoms with Crippen LogP contribution in [0.15, 0.2) is 71.7 Å². The Morgan fingerprint density at radius 3 is 2.08 bits per heavy atom. The van der Waals surface area contributed by atoms with Gasteiger partial charge in [0.15, 0.2) is 0 Å². The first-order valence-corrected chi connectivity index (χ1v) is 20.2. The van der Waals surface area contributed by atoms with Gasteiger partial charge in [-0.05, 0) is 91.1 Å². The number of amides is 4. The van der Waals surface area contributed by atoms with Crippen LogP contribution in [-0.4, -0.2) is 119 Å². The first-order valence-electron chi connectivity index (χ1n) is 20.2. The highest BCUT2D eigenvalue weighted by molar-refractivity contribution is 5.93. The van der Waals surface area contributed by atoms with Crippen LogP contribution in [0, 0.1) is 0 Å². The number of hydrogen-bond donors (Lipinski definition) is 5. The van der Waals surface area contributed by atoms with E-state index in [2.05, 4.69) is 36.4 Å². The molecule has 2 aromatic heterocycles. The van der Waals surface area contributed by atoms with Crippen molar-refractivity contribution in [3.63, 3.8) is 0 Å². The fourth-order valence-corrected chi connectivity index (χ4v) is 8.34. The zero-order chi connectivity index (χ0) is 43.6. The van der Waals surface area contributed by atoms with Gasteiger partial charge in [-0.15, -0.1) is 0 Å². The molecule has 2 aliphatic rings. The maximum atomic E-state index is 13.7. The zero-order valence-electron chi connectivity index (χ0n) is 34.9. The Morgan fingerprint density at radius 1 is 0.787 bits per heavy atom. The van der Waals surface area contributed by atoms with Crippen molar-refractivity contribution >= 4 is 45.5 Å². The number of carbonyl (C=O) groups is 4. The number of aliphatic hydroxyl groups is 1. The van der Waals surface area contributed by atoms with Crippen LogP contribution in [0.1, 0.15) is 63.1 Å². The van der Waals surface area contributed by atoms with Gasteiger partial charge in [-0.25, -0.2) is 14.6 Å². The molecule has 322 valence electrons. The molecule has 5 aromatic rings. The summed E-state index contributed by atoms with van der Waals surface area (Å²) < 4.78 is 20.0. The van der Waals surface area contributed by atoms with Crippen molar-refractivity contribution in [3.8, 4) is 22.4 Å². The Balaban J connectivity index is 1.09. The van der Waals surface area contributed by atoms with E-state index in [1.807, 2.05) is 54.6 Å². The first kappa shape index (κ1) is 42.8. The molecule has 17 nitrogen and oxygen atoms in total. The molecule has 7 rings (SSSR count). The number of likely N-dealkylation sites (tertiary alicyclic amines) is 2. The summed E-state index contributed by atoms with van der Waals surface area (Å²) in [4.78, 5) is 79.4. The topological polar surface area (TPSA) is 218 Å². The number of methoxy groups -OCH3 is 4. The second kappa shape index (κ2) is 17.7. The molecule has 61 heavy (non-hydrogen) atoms. The number of carbonyl (C=O) groups excluding carboxylic acids is 4. The van der Waals surface area contributed by atoms with E-state index in [0.717, 1.165) is 52.1 Å². The lowest BCUT2D eigenvalue weighted by Crippen LogP contribution is -2.65. The Labute approximate surface area is 351 Å². The lowest BCUT2D eigenvalue weighted by molar-refractivity contribution is -0.171. The summed E-state index contributed by atoms with van der Waals surface area (Å²) in [6.07, 6.45) is 0.978. The number of aromatic amines is 2. The summed E-state index contributed by atoms with van der Waals surface area (Å²) in [5.74, 6) is -0.494. The van der Waals surface area contributed by atoms with Crippen molar-refractivity contribution in [1.82, 2.24) is 35.4 Å². The fourth-order valence-electron chi connectivity index (χ4n) is 8.34. The Morgan fingerprint density at radius 2 is 1.41 bits per heavy atom. The Hall–Kier alpha value is -6.30. The summed E-state index contributed by atoms with van der Waals surface area (Å²) in [5.41, 5.74) is 1.41. The first-order chi connectivity index (χ1) is 29.3. The third kappa shape index (κ3) is 8.40. The molecule has 0 bridgehead atoms. The molecule has 0 saturated carbocycles. The Kier molecular flexibility index (Phi) is 12.4. The second-order valence-corrected chi connectivity index (χ2v) is 15.5. The molecule has 0 spiro atoms. The second-order valence-electron chi connectivity index (χ2n) is 15.5. The number of rotatable bonds is 12. The van der Waals surface area contributed by atoms with Gasteiger partial charge in [0.05, 0.1) is 44.3 Å². The van der Waals surface area contributed by atoms with E-state index in [4.69, 9.17) is 14.2 Å². The number of ether oxygens (including phenoxy) is 4. The third-order valence-electron chi connectivity index (χ3n) is 12.0. The lowest BCUT2D eigenvalue weighted by Gasteiger charge is -2.36. The van der Waals surface area contributed by atoms with E-state index in [1.165, 1.54) is 33.2 Å². The fraction of sp³-hybridized carbons (Fsp3) is 0.409. The number of alkyl carbamates (subject to hydrolysis) is 2. The SMILES string of the molecule is COC(=O)N[C@H](C(=O)N1CCCC1c1cc2ccc(-c3ccc4cc(-c5cnc([C@@H]6CCCN6C(=O)[C@](O)(NC(=O)OC)[C@@H](C)OC)[nH]5)ccc4c3)cc2c(=O)[nH]1)[C@@H](C)OC. The molecule has 3 aromatic carbocycles. The highest BCUT2D eigenvalue weighted by Crippen LogP contribution is 2.36. The number of aromatic nitrogens is 3. The minimum Gasteiger partial charge on any atom is -0.453 e. The normalized spacial score (nSPS) is 19.0. The molecule has 4 amide bonds. The number of pyridine rings is 1.